The van der Waals surface area contributed by atoms with E-state index in [2.05, 4.69) is 20.1 Å². The van der Waals surface area contributed by atoms with Gasteiger partial charge in [0.15, 0.2) is 5.13 Å². The zero-order valence-electron chi connectivity index (χ0n) is 11.6. The van der Waals surface area contributed by atoms with Gasteiger partial charge in [-0.25, -0.2) is 4.98 Å². The van der Waals surface area contributed by atoms with Crippen molar-refractivity contribution in [1.82, 2.24) is 15.2 Å². The van der Waals surface area contributed by atoms with E-state index in [0.717, 1.165) is 37.9 Å². The Labute approximate surface area is 123 Å². The lowest BCUT2D eigenvalue weighted by atomic mass is 10.0. The average molecular weight is 298 g/mol. The van der Waals surface area contributed by atoms with Crippen LogP contribution in [0.15, 0.2) is 11.6 Å². The number of hydrogen-bond donors (Lipinski definition) is 2. The first-order valence-corrected chi connectivity index (χ1v) is 8.01. The highest BCUT2D eigenvalue weighted by Crippen LogP contribution is 2.20. The topological polar surface area (TPSA) is 60.9 Å². The number of aliphatic hydroxyl groups is 1. The van der Waals surface area contributed by atoms with Crippen molar-refractivity contribution in [3.63, 3.8) is 0 Å². The fourth-order valence-corrected chi connectivity index (χ4v) is 3.46. The van der Waals surface area contributed by atoms with Crippen molar-refractivity contribution in [3.8, 4) is 0 Å². The van der Waals surface area contributed by atoms with Crippen molar-refractivity contribution in [1.29, 1.82) is 0 Å². The highest BCUT2D eigenvalue weighted by molar-refractivity contribution is 7.13. The molecule has 7 heteroatoms. The molecule has 2 aliphatic heterocycles. The van der Waals surface area contributed by atoms with Crippen LogP contribution in [0.1, 0.15) is 0 Å². The summed E-state index contributed by atoms with van der Waals surface area (Å²) in [6.45, 7) is 7.07. The fourth-order valence-electron chi connectivity index (χ4n) is 2.77. The molecule has 0 spiro atoms. The van der Waals surface area contributed by atoms with E-state index in [9.17, 15) is 5.11 Å². The number of nitrogens with one attached hydrogen (secondary N) is 1. The van der Waals surface area contributed by atoms with Gasteiger partial charge in [-0.3, -0.25) is 4.90 Å². The Bertz CT molecular complexity index is 399. The normalized spacial score (nSPS) is 29.4. The first-order valence-electron chi connectivity index (χ1n) is 7.13. The third-order valence-electron chi connectivity index (χ3n) is 3.83. The molecule has 2 N–H and O–H groups in total. The van der Waals surface area contributed by atoms with Crippen LogP contribution in [0.2, 0.25) is 0 Å². The molecule has 112 valence electrons. The number of anilines is 1. The second-order valence-corrected chi connectivity index (χ2v) is 6.40. The monoisotopic (exact) mass is 298 g/mol. The standard InChI is InChI=1S/C13H22N4O2S/c18-13(9-14-1-7-19-11-13)10-16-3-5-17(6-4-16)12-15-2-8-20-12/h2,8,14,18H,1,3-7,9-11H2. The van der Waals surface area contributed by atoms with E-state index in [-0.39, 0.29) is 0 Å². The molecule has 1 aromatic rings. The van der Waals surface area contributed by atoms with Crippen LogP contribution in [-0.2, 0) is 4.74 Å². The van der Waals surface area contributed by atoms with Crippen molar-refractivity contribution < 1.29 is 9.84 Å². The predicted molar refractivity (Wildman–Crippen MR) is 79.4 cm³/mol. The van der Waals surface area contributed by atoms with Gasteiger partial charge in [-0.2, -0.15) is 0 Å². The SMILES string of the molecule is OC1(CN2CCN(c3nccs3)CC2)CNCCOC1. The summed E-state index contributed by atoms with van der Waals surface area (Å²) in [4.78, 5) is 8.99. The third kappa shape index (κ3) is 3.48. The minimum absolute atomic E-state index is 0.423. The lowest BCUT2D eigenvalue weighted by Gasteiger charge is -2.38. The molecule has 0 amide bonds. The highest BCUT2D eigenvalue weighted by Gasteiger charge is 2.32. The summed E-state index contributed by atoms with van der Waals surface area (Å²) in [5.74, 6) is 0. The first kappa shape index (κ1) is 14.2. The smallest absolute Gasteiger partial charge is 0.185 e. The maximum atomic E-state index is 10.6. The maximum Gasteiger partial charge on any atom is 0.185 e. The molecule has 2 aliphatic rings. The van der Waals surface area contributed by atoms with Gasteiger partial charge in [0.2, 0.25) is 0 Å². The largest absolute Gasteiger partial charge is 0.385 e. The molecule has 1 unspecified atom stereocenters. The van der Waals surface area contributed by atoms with Crippen LogP contribution >= 0.6 is 11.3 Å². The van der Waals surface area contributed by atoms with Gasteiger partial charge in [-0.05, 0) is 0 Å². The van der Waals surface area contributed by atoms with Crippen LogP contribution in [0.3, 0.4) is 0 Å². The number of thiazole rings is 1. The van der Waals surface area contributed by atoms with Crippen molar-refractivity contribution >= 4 is 16.5 Å². The van der Waals surface area contributed by atoms with Crippen molar-refractivity contribution in [3.05, 3.63) is 11.6 Å². The van der Waals surface area contributed by atoms with Crippen LogP contribution in [0.25, 0.3) is 0 Å². The summed E-state index contributed by atoms with van der Waals surface area (Å²) in [7, 11) is 0. The Morgan fingerprint density at radius 1 is 1.40 bits per heavy atom. The lowest BCUT2D eigenvalue weighted by Crippen LogP contribution is -2.56. The molecule has 1 aromatic heterocycles. The van der Waals surface area contributed by atoms with Crippen molar-refractivity contribution in [2.45, 2.75) is 5.60 Å². The van der Waals surface area contributed by atoms with E-state index in [0.29, 0.717) is 26.3 Å². The summed E-state index contributed by atoms with van der Waals surface area (Å²) in [5.41, 5.74) is -0.764. The second kappa shape index (κ2) is 6.36. The molecule has 20 heavy (non-hydrogen) atoms. The Kier molecular flexibility index (Phi) is 4.52. The molecule has 0 aliphatic carbocycles. The van der Waals surface area contributed by atoms with E-state index in [1.54, 1.807) is 11.3 Å². The lowest BCUT2D eigenvalue weighted by molar-refractivity contribution is -0.0495. The van der Waals surface area contributed by atoms with Gasteiger partial charge in [0.05, 0.1) is 13.2 Å². The molecule has 0 bridgehead atoms. The molecule has 6 nitrogen and oxygen atoms in total. The molecule has 1 atom stereocenters. The summed E-state index contributed by atoms with van der Waals surface area (Å²) in [6, 6.07) is 0. The number of piperazine rings is 1. The number of β-amino-alcohol motifs (C(OH)–C–C–N with tert-alkyl or cyclic N) is 1. The zero-order chi connectivity index (χ0) is 13.8. The second-order valence-electron chi connectivity index (χ2n) is 5.53. The van der Waals surface area contributed by atoms with Crippen LogP contribution in [0.5, 0.6) is 0 Å². The number of aromatic nitrogens is 1. The van der Waals surface area contributed by atoms with Gasteiger partial charge in [-0.15, -0.1) is 11.3 Å². The maximum absolute atomic E-state index is 10.6. The van der Waals surface area contributed by atoms with Gasteiger partial charge in [0, 0.05) is 57.4 Å². The first-order chi connectivity index (χ1) is 9.75. The molecule has 3 heterocycles. The molecule has 0 aromatic carbocycles. The Morgan fingerprint density at radius 2 is 2.25 bits per heavy atom. The van der Waals surface area contributed by atoms with Gasteiger partial charge >= 0.3 is 0 Å². The van der Waals surface area contributed by atoms with E-state index in [1.165, 1.54) is 0 Å². The van der Waals surface area contributed by atoms with E-state index in [4.69, 9.17) is 4.74 Å². The van der Waals surface area contributed by atoms with Crippen molar-refractivity contribution in [2.75, 3.05) is 63.9 Å². The van der Waals surface area contributed by atoms with Gasteiger partial charge in [-0.1, -0.05) is 0 Å². The highest BCUT2D eigenvalue weighted by atomic mass is 32.1. The molecule has 0 saturated carbocycles. The Hall–Kier alpha value is -0.730. The average Bonchev–Trinajstić information content (AvgIpc) is 2.90. The van der Waals surface area contributed by atoms with E-state index in [1.807, 2.05) is 11.6 Å². The summed E-state index contributed by atoms with van der Waals surface area (Å²) in [6.07, 6.45) is 1.85. The summed E-state index contributed by atoms with van der Waals surface area (Å²) in [5, 5.41) is 17.0. The number of nitrogens with zero attached hydrogens (tertiary/aromatic N) is 3. The molecule has 0 radical (unpaired) electrons. The van der Waals surface area contributed by atoms with Crippen molar-refractivity contribution in [2.24, 2.45) is 0 Å². The van der Waals surface area contributed by atoms with Gasteiger partial charge in [0.25, 0.3) is 0 Å². The Balaban J connectivity index is 1.50. The van der Waals surface area contributed by atoms with E-state index >= 15 is 0 Å². The molecule has 2 saturated heterocycles. The van der Waals surface area contributed by atoms with Crippen LogP contribution in [-0.4, -0.2) is 79.6 Å². The predicted octanol–water partition coefficient (Wildman–Crippen LogP) is -0.384. The van der Waals surface area contributed by atoms with Crippen LogP contribution in [0, 0.1) is 0 Å². The third-order valence-corrected chi connectivity index (χ3v) is 4.66. The van der Waals surface area contributed by atoms with Crippen LogP contribution < -0.4 is 10.2 Å². The molecular weight excluding hydrogens is 276 g/mol. The summed E-state index contributed by atoms with van der Waals surface area (Å²) >= 11 is 1.69. The minimum atomic E-state index is -0.764. The zero-order valence-corrected chi connectivity index (χ0v) is 12.4. The van der Waals surface area contributed by atoms with E-state index < -0.39 is 5.60 Å². The quantitative estimate of drug-likeness (QED) is 0.793. The number of rotatable bonds is 3. The number of ether oxygens (including phenoxy) is 1. The van der Waals surface area contributed by atoms with Crippen LogP contribution in [0.4, 0.5) is 5.13 Å². The summed E-state index contributed by atoms with van der Waals surface area (Å²) < 4.78 is 5.47. The molecule has 2 fully saturated rings. The van der Waals surface area contributed by atoms with Gasteiger partial charge < -0.3 is 20.1 Å². The van der Waals surface area contributed by atoms with Gasteiger partial charge in [0.1, 0.15) is 5.60 Å². The minimum Gasteiger partial charge on any atom is -0.385 e. The fraction of sp³-hybridized carbons (Fsp3) is 0.769. The molecular formula is C13H22N4O2S. The number of hydrogen-bond acceptors (Lipinski definition) is 7. The Morgan fingerprint density at radius 3 is 3.00 bits per heavy atom. The molecule has 3 rings (SSSR count).